The van der Waals surface area contributed by atoms with E-state index in [1.165, 1.54) is 31.4 Å². The van der Waals surface area contributed by atoms with Crippen LogP contribution in [0.2, 0.25) is 0 Å². The van der Waals surface area contributed by atoms with Crippen molar-refractivity contribution in [2.45, 2.75) is 31.1 Å². The van der Waals surface area contributed by atoms with Crippen LogP contribution in [0.3, 0.4) is 0 Å². The standard InChI is InChI=1S/C11H18N2/c1-12-9-11(6-2-3-7-11)10-5-4-8-13-10/h4-5,8,12-13H,2-3,6-7,9H2,1H3. The number of H-pyrrole nitrogens is 1. The highest BCUT2D eigenvalue weighted by Gasteiger charge is 2.35. The number of aromatic amines is 1. The molecule has 0 spiro atoms. The van der Waals surface area contributed by atoms with Crippen molar-refractivity contribution in [1.82, 2.24) is 10.3 Å². The van der Waals surface area contributed by atoms with Gasteiger partial charge in [0, 0.05) is 23.9 Å². The normalized spacial score (nSPS) is 20.7. The fraction of sp³-hybridized carbons (Fsp3) is 0.636. The molecule has 1 aromatic heterocycles. The monoisotopic (exact) mass is 178 g/mol. The van der Waals surface area contributed by atoms with Gasteiger partial charge in [-0.1, -0.05) is 12.8 Å². The Balaban J connectivity index is 2.22. The summed E-state index contributed by atoms with van der Waals surface area (Å²) in [4.78, 5) is 3.36. The minimum Gasteiger partial charge on any atom is -0.364 e. The van der Waals surface area contributed by atoms with Crippen molar-refractivity contribution in [3.63, 3.8) is 0 Å². The Hall–Kier alpha value is -0.760. The predicted octanol–water partition coefficient (Wildman–Crippen LogP) is 2.05. The lowest BCUT2D eigenvalue weighted by Crippen LogP contribution is -2.34. The van der Waals surface area contributed by atoms with Gasteiger partial charge in [-0.3, -0.25) is 0 Å². The number of hydrogen-bond acceptors (Lipinski definition) is 1. The topological polar surface area (TPSA) is 27.8 Å². The summed E-state index contributed by atoms with van der Waals surface area (Å²) < 4.78 is 0. The molecule has 2 nitrogen and oxygen atoms in total. The maximum absolute atomic E-state index is 3.36. The summed E-state index contributed by atoms with van der Waals surface area (Å²) in [5.74, 6) is 0. The SMILES string of the molecule is CNCC1(c2ccc[nH]2)CCCC1. The summed E-state index contributed by atoms with van der Waals surface area (Å²) in [7, 11) is 2.04. The van der Waals surface area contributed by atoms with Gasteiger partial charge >= 0.3 is 0 Å². The minimum atomic E-state index is 0.401. The highest BCUT2D eigenvalue weighted by atomic mass is 14.9. The molecule has 0 atom stereocenters. The highest BCUT2D eigenvalue weighted by molar-refractivity contribution is 5.20. The number of hydrogen-bond donors (Lipinski definition) is 2. The third kappa shape index (κ3) is 1.51. The van der Waals surface area contributed by atoms with E-state index in [-0.39, 0.29) is 0 Å². The van der Waals surface area contributed by atoms with E-state index < -0.39 is 0 Å². The van der Waals surface area contributed by atoms with E-state index in [0.29, 0.717) is 5.41 Å². The molecule has 2 rings (SSSR count). The first-order chi connectivity index (χ1) is 6.37. The van der Waals surface area contributed by atoms with Gasteiger partial charge < -0.3 is 10.3 Å². The molecule has 1 aliphatic rings. The Labute approximate surface area is 79.7 Å². The van der Waals surface area contributed by atoms with E-state index in [4.69, 9.17) is 0 Å². The minimum absolute atomic E-state index is 0.401. The molecule has 0 bridgehead atoms. The molecular weight excluding hydrogens is 160 g/mol. The van der Waals surface area contributed by atoms with Crippen LogP contribution in [0, 0.1) is 0 Å². The molecule has 0 aromatic carbocycles. The van der Waals surface area contributed by atoms with Crippen LogP contribution in [-0.4, -0.2) is 18.6 Å². The zero-order valence-electron chi connectivity index (χ0n) is 8.27. The third-order valence-corrected chi connectivity index (χ3v) is 3.25. The van der Waals surface area contributed by atoms with Crippen molar-refractivity contribution in [3.8, 4) is 0 Å². The summed E-state index contributed by atoms with van der Waals surface area (Å²) in [5.41, 5.74) is 1.82. The van der Waals surface area contributed by atoms with Crippen molar-refractivity contribution in [2.75, 3.05) is 13.6 Å². The summed E-state index contributed by atoms with van der Waals surface area (Å²) in [6, 6.07) is 4.33. The van der Waals surface area contributed by atoms with Gasteiger partial charge in [0.1, 0.15) is 0 Å². The zero-order valence-corrected chi connectivity index (χ0v) is 8.27. The maximum Gasteiger partial charge on any atom is 0.0228 e. The van der Waals surface area contributed by atoms with Gasteiger partial charge in [-0.2, -0.15) is 0 Å². The second kappa shape index (κ2) is 3.54. The number of likely N-dealkylation sites (N-methyl/N-ethyl adjacent to an activating group) is 1. The van der Waals surface area contributed by atoms with Crippen molar-refractivity contribution in [2.24, 2.45) is 0 Å². The van der Waals surface area contributed by atoms with Crippen molar-refractivity contribution >= 4 is 0 Å². The van der Waals surface area contributed by atoms with Crippen LogP contribution in [0.5, 0.6) is 0 Å². The van der Waals surface area contributed by atoms with Crippen LogP contribution in [0.4, 0.5) is 0 Å². The van der Waals surface area contributed by atoms with Crippen LogP contribution in [0.15, 0.2) is 18.3 Å². The first kappa shape index (κ1) is 8.82. The molecule has 1 fully saturated rings. The van der Waals surface area contributed by atoms with Crippen LogP contribution < -0.4 is 5.32 Å². The van der Waals surface area contributed by atoms with E-state index >= 15 is 0 Å². The Morgan fingerprint density at radius 3 is 2.77 bits per heavy atom. The molecule has 1 aliphatic carbocycles. The molecule has 13 heavy (non-hydrogen) atoms. The van der Waals surface area contributed by atoms with Gasteiger partial charge in [-0.15, -0.1) is 0 Å². The predicted molar refractivity (Wildman–Crippen MR) is 54.9 cm³/mol. The molecule has 0 aliphatic heterocycles. The second-order valence-corrected chi connectivity index (χ2v) is 4.10. The summed E-state index contributed by atoms with van der Waals surface area (Å²) >= 11 is 0. The van der Waals surface area contributed by atoms with Crippen molar-refractivity contribution in [3.05, 3.63) is 24.0 Å². The average Bonchev–Trinajstić information content (AvgIpc) is 2.73. The lowest BCUT2D eigenvalue weighted by atomic mass is 9.83. The van der Waals surface area contributed by atoms with Crippen molar-refractivity contribution in [1.29, 1.82) is 0 Å². The van der Waals surface area contributed by atoms with E-state index in [2.05, 4.69) is 22.4 Å². The molecular formula is C11H18N2. The van der Waals surface area contributed by atoms with Gasteiger partial charge in [0.15, 0.2) is 0 Å². The van der Waals surface area contributed by atoms with Crippen LogP contribution >= 0.6 is 0 Å². The molecule has 0 saturated heterocycles. The Morgan fingerprint density at radius 2 is 2.23 bits per heavy atom. The van der Waals surface area contributed by atoms with E-state index in [9.17, 15) is 0 Å². The lowest BCUT2D eigenvalue weighted by molar-refractivity contribution is 0.411. The molecule has 1 aromatic rings. The first-order valence-electron chi connectivity index (χ1n) is 5.16. The summed E-state index contributed by atoms with van der Waals surface area (Å²) in [6.07, 6.45) is 7.44. The number of nitrogens with one attached hydrogen (secondary N) is 2. The quantitative estimate of drug-likeness (QED) is 0.728. The van der Waals surface area contributed by atoms with Gasteiger partial charge in [-0.05, 0) is 32.0 Å². The van der Waals surface area contributed by atoms with Gasteiger partial charge in [0.25, 0.3) is 0 Å². The molecule has 1 saturated carbocycles. The number of aromatic nitrogens is 1. The van der Waals surface area contributed by atoms with Crippen molar-refractivity contribution < 1.29 is 0 Å². The fourth-order valence-corrected chi connectivity index (χ4v) is 2.59. The van der Waals surface area contributed by atoms with E-state index in [0.717, 1.165) is 6.54 Å². The lowest BCUT2D eigenvalue weighted by Gasteiger charge is -2.27. The van der Waals surface area contributed by atoms with Gasteiger partial charge in [0.05, 0.1) is 0 Å². The Morgan fingerprint density at radius 1 is 1.46 bits per heavy atom. The van der Waals surface area contributed by atoms with Crippen LogP contribution in [-0.2, 0) is 5.41 Å². The molecule has 2 N–H and O–H groups in total. The zero-order chi connectivity index (χ0) is 9.15. The first-order valence-corrected chi connectivity index (χ1v) is 5.16. The molecule has 0 unspecified atom stereocenters. The largest absolute Gasteiger partial charge is 0.364 e. The second-order valence-electron chi connectivity index (χ2n) is 4.10. The molecule has 0 amide bonds. The molecule has 72 valence electrons. The van der Waals surface area contributed by atoms with Crippen LogP contribution in [0.1, 0.15) is 31.4 Å². The highest BCUT2D eigenvalue weighted by Crippen LogP contribution is 2.39. The molecule has 0 radical (unpaired) electrons. The fourth-order valence-electron chi connectivity index (χ4n) is 2.59. The third-order valence-electron chi connectivity index (χ3n) is 3.25. The van der Waals surface area contributed by atoms with E-state index in [1.807, 2.05) is 13.2 Å². The Bertz CT molecular complexity index is 245. The van der Waals surface area contributed by atoms with Crippen LogP contribution in [0.25, 0.3) is 0 Å². The number of rotatable bonds is 3. The molecule has 2 heteroatoms. The maximum atomic E-state index is 3.36. The van der Waals surface area contributed by atoms with Gasteiger partial charge in [-0.25, -0.2) is 0 Å². The summed E-state index contributed by atoms with van der Waals surface area (Å²) in [5, 5.41) is 3.32. The Kier molecular flexibility index (Phi) is 2.40. The van der Waals surface area contributed by atoms with E-state index in [1.54, 1.807) is 0 Å². The molecule has 1 heterocycles. The summed E-state index contributed by atoms with van der Waals surface area (Å²) in [6.45, 7) is 1.10. The van der Waals surface area contributed by atoms with Gasteiger partial charge in [0.2, 0.25) is 0 Å². The smallest absolute Gasteiger partial charge is 0.0228 e. The average molecular weight is 178 g/mol.